The van der Waals surface area contributed by atoms with Gasteiger partial charge in [0.15, 0.2) is 5.17 Å². The van der Waals surface area contributed by atoms with Crippen molar-refractivity contribution in [3.05, 3.63) is 70.1 Å². The summed E-state index contributed by atoms with van der Waals surface area (Å²) in [7, 11) is 0. The van der Waals surface area contributed by atoms with Gasteiger partial charge < -0.3 is 10.1 Å². The van der Waals surface area contributed by atoms with Crippen LogP contribution in [0, 0.1) is 12.3 Å². The topological polar surface area (TPSA) is 62.2 Å². The average molecular weight is 324 g/mol. The van der Waals surface area contributed by atoms with E-state index in [4.69, 9.17) is 10.1 Å². The van der Waals surface area contributed by atoms with Crippen LogP contribution in [0.5, 0.6) is 5.75 Å². The SMILES string of the molecule is Cc1ccc(COc2ccc(C=C3SC(=N)NC3=O)cc2)cc1. The fraction of sp³-hybridized carbons (Fsp3) is 0.111. The van der Waals surface area contributed by atoms with Crippen LogP contribution in [0.15, 0.2) is 53.4 Å². The van der Waals surface area contributed by atoms with Crippen molar-refractivity contribution in [1.29, 1.82) is 5.41 Å². The van der Waals surface area contributed by atoms with Crippen LogP contribution in [0.1, 0.15) is 16.7 Å². The Morgan fingerprint density at radius 3 is 2.43 bits per heavy atom. The third-order valence-corrected chi connectivity index (χ3v) is 4.20. The predicted octanol–water partition coefficient (Wildman–Crippen LogP) is 3.71. The number of amidine groups is 1. The molecule has 23 heavy (non-hydrogen) atoms. The van der Waals surface area contributed by atoms with Crippen molar-refractivity contribution in [3.8, 4) is 5.75 Å². The molecule has 0 aromatic heterocycles. The summed E-state index contributed by atoms with van der Waals surface area (Å²) < 4.78 is 5.76. The fourth-order valence-corrected chi connectivity index (χ4v) is 2.81. The van der Waals surface area contributed by atoms with E-state index < -0.39 is 0 Å². The molecule has 1 amide bonds. The highest BCUT2D eigenvalue weighted by Gasteiger charge is 2.21. The second kappa shape index (κ2) is 6.71. The molecule has 0 atom stereocenters. The van der Waals surface area contributed by atoms with E-state index in [1.54, 1.807) is 6.08 Å². The molecule has 1 aliphatic heterocycles. The molecule has 3 rings (SSSR count). The first-order valence-corrected chi connectivity index (χ1v) is 8.00. The summed E-state index contributed by atoms with van der Waals surface area (Å²) in [5, 5.41) is 10.1. The summed E-state index contributed by atoms with van der Waals surface area (Å²) in [6, 6.07) is 15.8. The zero-order valence-electron chi connectivity index (χ0n) is 12.6. The van der Waals surface area contributed by atoms with Crippen LogP contribution in [-0.2, 0) is 11.4 Å². The van der Waals surface area contributed by atoms with Crippen LogP contribution in [0.3, 0.4) is 0 Å². The number of rotatable bonds is 4. The second-order valence-electron chi connectivity index (χ2n) is 5.24. The Kier molecular flexibility index (Phi) is 4.48. The molecule has 0 bridgehead atoms. The summed E-state index contributed by atoms with van der Waals surface area (Å²) in [5.41, 5.74) is 3.26. The van der Waals surface area contributed by atoms with Gasteiger partial charge in [-0.1, -0.05) is 42.0 Å². The van der Waals surface area contributed by atoms with Gasteiger partial charge in [-0.3, -0.25) is 10.2 Å². The van der Waals surface area contributed by atoms with Crippen molar-refractivity contribution in [3.63, 3.8) is 0 Å². The monoisotopic (exact) mass is 324 g/mol. The van der Waals surface area contributed by atoms with Gasteiger partial charge in [0, 0.05) is 0 Å². The fourth-order valence-electron chi connectivity index (χ4n) is 2.10. The molecule has 5 heteroatoms. The van der Waals surface area contributed by atoms with Crippen LogP contribution >= 0.6 is 11.8 Å². The van der Waals surface area contributed by atoms with E-state index in [1.165, 1.54) is 5.56 Å². The normalized spacial score (nSPS) is 15.8. The number of aryl methyl sites for hydroxylation is 1. The Hall–Kier alpha value is -2.53. The van der Waals surface area contributed by atoms with Gasteiger partial charge in [-0.15, -0.1) is 0 Å². The standard InChI is InChI=1S/C18H16N2O2S/c1-12-2-4-14(5-3-12)11-22-15-8-6-13(7-9-15)10-16-17(21)20-18(19)23-16/h2-10H,11H2,1H3,(H2,19,20,21). The number of carbonyl (C=O) groups is 1. The van der Waals surface area contributed by atoms with Gasteiger partial charge in [-0.25, -0.2) is 0 Å². The Balaban J connectivity index is 1.63. The van der Waals surface area contributed by atoms with Gasteiger partial charge in [-0.05, 0) is 48.0 Å². The smallest absolute Gasteiger partial charge is 0.264 e. The molecule has 2 aromatic rings. The van der Waals surface area contributed by atoms with E-state index in [0.29, 0.717) is 11.5 Å². The maximum absolute atomic E-state index is 11.6. The molecule has 4 nitrogen and oxygen atoms in total. The molecule has 0 aliphatic carbocycles. The molecule has 1 heterocycles. The number of nitrogens with one attached hydrogen (secondary N) is 2. The highest BCUT2D eigenvalue weighted by molar-refractivity contribution is 8.18. The minimum Gasteiger partial charge on any atom is -0.489 e. The largest absolute Gasteiger partial charge is 0.489 e. The Bertz CT molecular complexity index is 765. The first-order valence-electron chi connectivity index (χ1n) is 7.18. The first-order chi connectivity index (χ1) is 11.1. The number of amides is 1. The molecule has 0 radical (unpaired) electrons. The van der Waals surface area contributed by atoms with Gasteiger partial charge in [0.25, 0.3) is 5.91 Å². The van der Waals surface area contributed by atoms with E-state index >= 15 is 0 Å². The summed E-state index contributed by atoms with van der Waals surface area (Å²) in [6.07, 6.45) is 1.77. The molecule has 0 unspecified atom stereocenters. The van der Waals surface area contributed by atoms with Crippen LogP contribution in [-0.4, -0.2) is 11.1 Å². The highest BCUT2D eigenvalue weighted by atomic mass is 32.2. The van der Waals surface area contributed by atoms with Crippen LogP contribution in [0.2, 0.25) is 0 Å². The van der Waals surface area contributed by atoms with Crippen molar-refractivity contribution in [2.45, 2.75) is 13.5 Å². The van der Waals surface area contributed by atoms with E-state index in [2.05, 4.69) is 36.5 Å². The zero-order valence-corrected chi connectivity index (χ0v) is 13.4. The molecule has 2 N–H and O–H groups in total. The summed E-state index contributed by atoms with van der Waals surface area (Å²) >= 11 is 1.13. The number of carbonyl (C=O) groups excluding carboxylic acids is 1. The van der Waals surface area contributed by atoms with Gasteiger partial charge >= 0.3 is 0 Å². The molecule has 2 aromatic carbocycles. The minimum absolute atomic E-state index is 0.166. The lowest BCUT2D eigenvalue weighted by Gasteiger charge is -2.07. The van der Waals surface area contributed by atoms with Crippen molar-refractivity contribution in [1.82, 2.24) is 5.32 Å². The van der Waals surface area contributed by atoms with Crippen molar-refractivity contribution in [2.75, 3.05) is 0 Å². The third kappa shape index (κ3) is 4.02. The van der Waals surface area contributed by atoms with Gasteiger partial charge in [0.1, 0.15) is 12.4 Å². The van der Waals surface area contributed by atoms with Crippen LogP contribution in [0.4, 0.5) is 0 Å². The second-order valence-corrected chi connectivity index (χ2v) is 6.29. The Morgan fingerprint density at radius 1 is 1.13 bits per heavy atom. The first kappa shape index (κ1) is 15.4. The summed E-state index contributed by atoms with van der Waals surface area (Å²) in [6.45, 7) is 2.58. The summed E-state index contributed by atoms with van der Waals surface area (Å²) in [5.74, 6) is 0.559. The molecular formula is C18H16N2O2S. The molecule has 116 valence electrons. The summed E-state index contributed by atoms with van der Waals surface area (Å²) in [4.78, 5) is 12.1. The lowest BCUT2D eigenvalue weighted by Crippen LogP contribution is -2.18. The zero-order chi connectivity index (χ0) is 16.2. The van der Waals surface area contributed by atoms with Crippen LogP contribution in [0.25, 0.3) is 6.08 Å². The minimum atomic E-state index is -0.223. The maximum atomic E-state index is 11.6. The average Bonchev–Trinajstić information content (AvgIpc) is 2.86. The number of hydrogen-bond donors (Lipinski definition) is 2. The third-order valence-electron chi connectivity index (χ3n) is 3.37. The van der Waals surface area contributed by atoms with Crippen molar-refractivity contribution < 1.29 is 9.53 Å². The number of benzene rings is 2. The lowest BCUT2D eigenvalue weighted by atomic mass is 10.1. The molecule has 0 saturated carbocycles. The molecule has 1 fully saturated rings. The highest BCUT2D eigenvalue weighted by Crippen LogP contribution is 2.25. The molecule has 1 saturated heterocycles. The van der Waals surface area contributed by atoms with E-state index in [1.807, 2.05) is 24.3 Å². The lowest BCUT2D eigenvalue weighted by molar-refractivity contribution is -0.115. The number of thioether (sulfide) groups is 1. The Morgan fingerprint density at radius 2 is 1.83 bits per heavy atom. The van der Waals surface area contributed by atoms with E-state index in [9.17, 15) is 4.79 Å². The number of ether oxygens (including phenoxy) is 1. The maximum Gasteiger partial charge on any atom is 0.264 e. The Labute approximate surface area is 139 Å². The molecule has 0 spiro atoms. The van der Waals surface area contributed by atoms with Gasteiger partial charge in [0.2, 0.25) is 0 Å². The van der Waals surface area contributed by atoms with Gasteiger partial charge in [0.05, 0.1) is 4.91 Å². The van der Waals surface area contributed by atoms with Gasteiger partial charge in [-0.2, -0.15) is 0 Å². The quantitative estimate of drug-likeness (QED) is 0.843. The molecular weight excluding hydrogens is 308 g/mol. The van der Waals surface area contributed by atoms with E-state index in [0.717, 1.165) is 28.6 Å². The molecule has 1 aliphatic rings. The van der Waals surface area contributed by atoms with Crippen molar-refractivity contribution in [2.24, 2.45) is 0 Å². The van der Waals surface area contributed by atoms with Crippen LogP contribution < -0.4 is 10.1 Å². The van der Waals surface area contributed by atoms with Crippen molar-refractivity contribution >= 4 is 28.9 Å². The number of hydrogen-bond acceptors (Lipinski definition) is 4. The predicted molar refractivity (Wildman–Crippen MR) is 93.4 cm³/mol. The van der Waals surface area contributed by atoms with E-state index in [-0.39, 0.29) is 11.1 Å².